The van der Waals surface area contributed by atoms with Crippen LogP contribution in [0.4, 0.5) is 5.95 Å². The quantitative estimate of drug-likeness (QED) is 0.689. The molecule has 17 heavy (non-hydrogen) atoms. The average molecular weight is 242 g/mol. The molecule has 1 aromatic rings. The lowest BCUT2D eigenvalue weighted by Gasteiger charge is -2.06. The van der Waals surface area contributed by atoms with Crippen LogP contribution in [0.25, 0.3) is 0 Å². The molecule has 1 aromatic heterocycles. The molecule has 0 aromatic carbocycles. The number of carbonyl (C=O) groups is 1. The van der Waals surface area contributed by atoms with Crippen molar-refractivity contribution in [1.82, 2.24) is 15.0 Å². The van der Waals surface area contributed by atoms with Crippen molar-refractivity contribution in [2.45, 2.75) is 6.92 Å². The largest absolute Gasteiger partial charge is 0.467 e. The Bertz CT molecular complexity index is 363. The minimum atomic E-state index is -0.397. The number of hydrogen-bond donors (Lipinski definition) is 1. The highest BCUT2D eigenvalue weighted by atomic mass is 16.5. The Hall–Kier alpha value is -2.12. The molecule has 0 aliphatic heterocycles. The molecule has 0 saturated carbocycles. The van der Waals surface area contributed by atoms with Crippen molar-refractivity contribution >= 4 is 11.9 Å². The molecule has 1 N–H and O–H groups in total. The predicted octanol–water partition coefficient (Wildman–Crippen LogP) is -0.136. The van der Waals surface area contributed by atoms with Crippen LogP contribution < -0.4 is 14.8 Å². The molecule has 0 aliphatic carbocycles. The highest BCUT2D eigenvalue weighted by molar-refractivity contribution is 5.74. The summed E-state index contributed by atoms with van der Waals surface area (Å²) in [5.41, 5.74) is 0. The Kier molecular flexibility index (Phi) is 4.92. The van der Waals surface area contributed by atoms with Crippen LogP contribution in [0.2, 0.25) is 0 Å². The summed E-state index contributed by atoms with van der Waals surface area (Å²) >= 11 is 0. The number of methoxy groups -OCH3 is 2. The molecule has 0 atom stereocenters. The standard InChI is InChI=1S/C9H14N4O4/c1-4-17-6(14)5-10-7-11-8(15-2)13-9(12-7)16-3/h4-5H2,1-3H3,(H,10,11,12,13). The zero-order valence-electron chi connectivity index (χ0n) is 9.89. The Morgan fingerprint density at radius 2 is 1.76 bits per heavy atom. The lowest BCUT2D eigenvalue weighted by atomic mass is 10.6. The van der Waals surface area contributed by atoms with Crippen molar-refractivity contribution in [3.05, 3.63) is 0 Å². The fraction of sp³-hybridized carbons (Fsp3) is 0.556. The molecule has 1 heterocycles. The van der Waals surface area contributed by atoms with Crippen molar-refractivity contribution < 1.29 is 19.0 Å². The molecule has 8 nitrogen and oxygen atoms in total. The molecule has 0 radical (unpaired) electrons. The van der Waals surface area contributed by atoms with Crippen LogP contribution in [0.1, 0.15) is 6.92 Å². The van der Waals surface area contributed by atoms with E-state index in [4.69, 9.17) is 14.2 Å². The van der Waals surface area contributed by atoms with E-state index in [1.54, 1.807) is 6.92 Å². The van der Waals surface area contributed by atoms with Gasteiger partial charge in [0.2, 0.25) is 5.95 Å². The predicted molar refractivity (Wildman–Crippen MR) is 58.1 cm³/mol. The van der Waals surface area contributed by atoms with Crippen LogP contribution in [-0.4, -0.2) is 48.3 Å². The number of hydrogen-bond acceptors (Lipinski definition) is 8. The molecule has 0 aliphatic rings. The third-order valence-corrected chi connectivity index (χ3v) is 1.66. The molecular weight excluding hydrogens is 228 g/mol. The smallest absolute Gasteiger partial charge is 0.325 e. The van der Waals surface area contributed by atoms with Gasteiger partial charge in [-0.1, -0.05) is 0 Å². The Morgan fingerprint density at radius 3 is 2.24 bits per heavy atom. The third-order valence-electron chi connectivity index (χ3n) is 1.66. The topological polar surface area (TPSA) is 95.5 Å². The van der Waals surface area contributed by atoms with E-state index in [0.717, 1.165) is 0 Å². The SMILES string of the molecule is CCOC(=O)CNc1nc(OC)nc(OC)n1. The number of carbonyl (C=O) groups excluding carboxylic acids is 1. The third kappa shape index (κ3) is 4.09. The van der Waals surface area contributed by atoms with E-state index in [1.165, 1.54) is 14.2 Å². The number of aromatic nitrogens is 3. The second-order valence-corrected chi connectivity index (χ2v) is 2.79. The van der Waals surface area contributed by atoms with Crippen LogP contribution in [0.15, 0.2) is 0 Å². The molecule has 8 heteroatoms. The molecular formula is C9H14N4O4. The van der Waals surface area contributed by atoms with Gasteiger partial charge in [-0.2, -0.15) is 9.97 Å². The summed E-state index contributed by atoms with van der Waals surface area (Å²) in [4.78, 5) is 22.7. The first-order valence-corrected chi connectivity index (χ1v) is 4.93. The van der Waals surface area contributed by atoms with Gasteiger partial charge in [-0.15, -0.1) is 4.98 Å². The normalized spacial score (nSPS) is 9.59. The number of nitrogens with one attached hydrogen (secondary N) is 1. The van der Waals surface area contributed by atoms with Gasteiger partial charge in [0.05, 0.1) is 20.8 Å². The van der Waals surface area contributed by atoms with Gasteiger partial charge in [-0.25, -0.2) is 0 Å². The van der Waals surface area contributed by atoms with Gasteiger partial charge >= 0.3 is 18.0 Å². The molecule has 0 amide bonds. The number of esters is 1. The number of anilines is 1. The van der Waals surface area contributed by atoms with E-state index in [1.807, 2.05) is 0 Å². The monoisotopic (exact) mass is 242 g/mol. The Morgan fingerprint density at radius 1 is 1.18 bits per heavy atom. The van der Waals surface area contributed by atoms with Gasteiger partial charge in [0, 0.05) is 0 Å². The van der Waals surface area contributed by atoms with Crippen LogP contribution in [-0.2, 0) is 9.53 Å². The van der Waals surface area contributed by atoms with Crippen LogP contribution >= 0.6 is 0 Å². The van der Waals surface area contributed by atoms with E-state index in [9.17, 15) is 4.79 Å². The summed E-state index contributed by atoms with van der Waals surface area (Å²) in [5.74, 6) is -0.215. The van der Waals surface area contributed by atoms with Crippen molar-refractivity contribution in [1.29, 1.82) is 0 Å². The molecule has 94 valence electrons. The van der Waals surface area contributed by atoms with Gasteiger partial charge < -0.3 is 19.5 Å². The minimum absolute atomic E-state index is 0.0375. The maximum absolute atomic E-state index is 11.1. The van der Waals surface area contributed by atoms with E-state index in [-0.39, 0.29) is 24.5 Å². The zero-order chi connectivity index (χ0) is 12.7. The van der Waals surface area contributed by atoms with Crippen molar-refractivity contribution in [3.8, 4) is 12.0 Å². The fourth-order valence-corrected chi connectivity index (χ4v) is 0.963. The first-order chi connectivity index (χ1) is 8.19. The molecule has 0 spiro atoms. The average Bonchev–Trinajstić information content (AvgIpc) is 2.36. The van der Waals surface area contributed by atoms with Gasteiger partial charge in [-0.05, 0) is 6.92 Å². The van der Waals surface area contributed by atoms with Crippen LogP contribution in [0.3, 0.4) is 0 Å². The van der Waals surface area contributed by atoms with E-state index < -0.39 is 5.97 Å². The van der Waals surface area contributed by atoms with Gasteiger partial charge in [0.15, 0.2) is 0 Å². The molecule has 0 unspecified atom stereocenters. The minimum Gasteiger partial charge on any atom is -0.467 e. The first-order valence-electron chi connectivity index (χ1n) is 4.93. The van der Waals surface area contributed by atoms with Gasteiger partial charge in [0.1, 0.15) is 6.54 Å². The summed E-state index contributed by atoms with van der Waals surface area (Å²) in [5, 5.41) is 2.68. The van der Waals surface area contributed by atoms with E-state index in [2.05, 4.69) is 20.3 Å². The number of ether oxygens (including phenoxy) is 3. The van der Waals surface area contributed by atoms with Crippen LogP contribution in [0, 0.1) is 0 Å². The first kappa shape index (κ1) is 12.9. The second kappa shape index (κ2) is 6.46. The lowest BCUT2D eigenvalue weighted by molar-refractivity contribution is -0.140. The van der Waals surface area contributed by atoms with E-state index >= 15 is 0 Å². The highest BCUT2D eigenvalue weighted by Crippen LogP contribution is 2.11. The summed E-state index contributed by atoms with van der Waals surface area (Å²) in [7, 11) is 2.84. The summed E-state index contributed by atoms with van der Waals surface area (Å²) in [6.07, 6.45) is 0. The maximum Gasteiger partial charge on any atom is 0.325 e. The molecule has 0 bridgehead atoms. The summed E-state index contributed by atoms with van der Waals surface area (Å²) < 4.78 is 14.4. The molecule has 0 fully saturated rings. The van der Waals surface area contributed by atoms with E-state index in [0.29, 0.717) is 6.61 Å². The van der Waals surface area contributed by atoms with Crippen molar-refractivity contribution in [2.24, 2.45) is 0 Å². The Labute approximate surface area is 98.3 Å². The van der Waals surface area contributed by atoms with Crippen molar-refractivity contribution in [3.63, 3.8) is 0 Å². The van der Waals surface area contributed by atoms with Gasteiger partial charge in [-0.3, -0.25) is 4.79 Å². The zero-order valence-corrected chi connectivity index (χ0v) is 9.89. The maximum atomic E-state index is 11.1. The van der Waals surface area contributed by atoms with Gasteiger partial charge in [0.25, 0.3) is 0 Å². The second-order valence-electron chi connectivity index (χ2n) is 2.79. The Balaban J connectivity index is 2.66. The molecule has 0 saturated heterocycles. The fourth-order valence-electron chi connectivity index (χ4n) is 0.963. The number of nitrogens with zero attached hydrogens (tertiary/aromatic N) is 3. The van der Waals surface area contributed by atoms with Crippen molar-refractivity contribution in [2.75, 3.05) is 32.7 Å². The summed E-state index contributed by atoms with van der Waals surface area (Å²) in [6, 6.07) is 0.200. The summed E-state index contributed by atoms with van der Waals surface area (Å²) in [6.45, 7) is 2.02. The molecule has 1 rings (SSSR count). The lowest BCUT2D eigenvalue weighted by Crippen LogP contribution is -2.18. The highest BCUT2D eigenvalue weighted by Gasteiger charge is 2.08. The number of rotatable bonds is 6. The van der Waals surface area contributed by atoms with Crippen LogP contribution in [0.5, 0.6) is 12.0 Å².